The summed E-state index contributed by atoms with van der Waals surface area (Å²) in [6, 6.07) is 0. The van der Waals surface area contributed by atoms with E-state index < -0.39 is 5.60 Å². The highest BCUT2D eigenvalue weighted by Gasteiger charge is 2.13. The van der Waals surface area contributed by atoms with Gasteiger partial charge < -0.3 is 15.3 Å². The smallest absolute Gasteiger partial charge is 0.0763 e. The summed E-state index contributed by atoms with van der Waals surface area (Å²) in [6.45, 7) is 7.14. The molecule has 0 aromatic heterocycles. The highest BCUT2D eigenvalue weighted by molar-refractivity contribution is 5.25. The second-order valence-corrected chi connectivity index (χ2v) is 4.62. The molecule has 0 aromatic carbocycles. The molecule has 80 valence electrons. The molecule has 3 nitrogen and oxygen atoms in total. The third-order valence-electron chi connectivity index (χ3n) is 1.99. The maximum atomic E-state index is 9.56. The Morgan fingerprint density at radius 1 is 1.57 bits per heavy atom. The first-order chi connectivity index (χ1) is 6.37. The number of nitrogens with zero attached hydrogens (tertiary/aromatic N) is 1. The Bertz CT molecular complexity index is 261. The second-order valence-electron chi connectivity index (χ2n) is 4.62. The summed E-state index contributed by atoms with van der Waals surface area (Å²) in [6.07, 6.45) is 4.22. The van der Waals surface area contributed by atoms with E-state index in [1.807, 2.05) is 7.05 Å². The van der Waals surface area contributed by atoms with Crippen molar-refractivity contribution in [2.75, 3.05) is 20.1 Å². The molecule has 1 heterocycles. The van der Waals surface area contributed by atoms with Crippen molar-refractivity contribution in [2.24, 2.45) is 0 Å². The predicted molar refractivity (Wildman–Crippen MR) is 58.8 cm³/mol. The average molecular weight is 196 g/mol. The van der Waals surface area contributed by atoms with E-state index in [0.717, 1.165) is 12.2 Å². The van der Waals surface area contributed by atoms with Gasteiger partial charge in [0.25, 0.3) is 0 Å². The minimum absolute atomic E-state index is 0.583. The largest absolute Gasteiger partial charge is 0.389 e. The van der Waals surface area contributed by atoms with E-state index in [0.29, 0.717) is 6.54 Å². The first-order valence-corrected chi connectivity index (χ1v) is 4.92. The normalized spacial score (nSPS) is 17.6. The molecule has 0 fully saturated rings. The minimum atomic E-state index is -0.658. The fourth-order valence-corrected chi connectivity index (χ4v) is 1.46. The fraction of sp³-hybridized carbons (Fsp3) is 0.636. The lowest BCUT2D eigenvalue weighted by molar-refractivity contribution is 0.0821. The van der Waals surface area contributed by atoms with Crippen LogP contribution in [0, 0.1) is 0 Å². The van der Waals surface area contributed by atoms with Crippen molar-refractivity contribution in [3.8, 4) is 0 Å². The summed E-state index contributed by atoms with van der Waals surface area (Å²) in [7, 11) is 2.04. The Hall–Kier alpha value is -0.960. The van der Waals surface area contributed by atoms with E-state index in [4.69, 9.17) is 0 Å². The summed E-state index contributed by atoms with van der Waals surface area (Å²) in [4.78, 5) is 2.13. The Morgan fingerprint density at radius 3 is 2.71 bits per heavy atom. The number of rotatable bonds is 3. The van der Waals surface area contributed by atoms with Crippen LogP contribution in [0.5, 0.6) is 0 Å². The van der Waals surface area contributed by atoms with E-state index in [9.17, 15) is 5.11 Å². The van der Waals surface area contributed by atoms with Crippen molar-refractivity contribution in [1.29, 1.82) is 0 Å². The monoisotopic (exact) mass is 196 g/mol. The summed E-state index contributed by atoms with van der Waals surface area (Å²) in [5.41, 5.74) is 1.74. The van der Waals surface area contributed by atoms with Crippen molar-refractivity contribution >= 4 is 0 Å². The lowest BCUT2D eigenvalue weighted by Gasteiger charge is -2.26. The molecule has 0 atom stereocenters. The Labute approximate surface area is 86.1 Å². The molecule has 1 aliphatic rings. The SMILES string of the molecule is CC1=CN(C)CC(NCC(C)(C)O)=C1. The van der Waals surface area contributed by atoms with Gasteiger partial charge in [-0.25, -0.2) is 0 Å². The highest BCUT2D eigenvalue weighted by atomic mass is 16.3. The van der Waals surface area contributed by atoms with Gasteiger partial charge in [0.15, 0.2) is 0 Å². The molecule has 2 N–H and O–H groups in total. The van der Waals surface area contributed by atoms with Crippen LogP contribution >= 0.6 is 0 Å². The molecule has 3 heteroatoms. The molecule has 0 radical (unpaired) electrons. The molecule has 0 aliphatic carbocycles. The van der Waals surface area contributed by atoms with Crippen molar-refractivity contribution < 1.29 is 5.11 Å². The molecule has 1 rings (SSSR count). The van der Waals surface area contributed by atoms with Gasteiger partial charge in [-0.05, 0) is 32.4 Å². The molecule has 0 amide bonds. The first kappa shape index (κ1) is 11.1. The standard InChI is InChI=1S/C11H20N2O/c1-9-5-10(7-13(4)6-9)12-8-11(2,3)14/h5-6,12,14H,7-8H2,1-4H3. The van der Waals surface area contributed by atoms with Gasteiger partial charge in [0.2, 0.25) is 0 Å². The molecule has 0 bridgehead atoms. The number of allylic oxidation sites excluding steroid dienone is 2. The fourth-order valence-electron chi connectivity index (χ4n) is 1.46. The van der Waals surface area contributed by atoms with Crippen LogP contribution in [0.1, 0.15) is 20.8 Å². The maximum absolute atomic E-state index is 9.56. The lowest BCUT2D eigenvalue weighted by atomic mass is 10.1. The van der Waals surface area contributed by atoms with Crippen LogP contribution in [-0.4, -0.2) is 35.7 Å². The maximum Gasteiger partial charge on any atom is 0.0763 e. The van der Waals surface area contributed by atoms with Crippen LogP contribution < -0.4 is 5.32 Å². The van der Waals surface area contributed by atoms with Crippen LogP contribution in [0.25, 0.3) is 0 Å². The molecule has 0 saturated carbocycles. The summed E-state index contributed by atoms with van der Waals surface area (Å²) < 4.78 is 0. The van der Waals surface area contributed by atoms with Gasteiger partial charge in [-0.3, -0.25) is 0 Å². The van der Waals surface area contributed by atoms with Gasteiger partial charge in [0, 0.05) is 25.5 Å². The highest BCUT2D eigenvalue weighted by Crippen LogP contribution is 2.10. The van der Waals surface area contributed by atoms with E-state index in [1.165, 1.54) is 5.57 Å². The zero-order valence-corrected chi connectivity index (χ0v) is 9.46. The molecule has 0 saturated heterocycles. The number of hydrogen-bond donors (Lipinski definition) is 2. The van der Waals surface area contributed by atoms with Crippen molar-refractivity contribution in [2.45, 2.75) is 26.4 Å². The van der Waals surface area contributed by atoms with Gasteiger partial charge in [0.1, 0.15) is 0 Å². The molecule has 1 aliphatic heterocycles. The molecule has 0 unspecified atom stereocenters. The quantitative estimate of drug-likeness (QED) is 0.709. The second kappa shape index (κ2) is 4.05. The summed E-state index contributed by atoms with van der Waals surface area (Å²) in [5.74, 6) is 0. The number of hydrogen-bond acceptors (Lipinski definition) is 3. The van der Waals surface area contributed by atoms with Gasteiger partial charge in [-0.15, -0.1) is 0 Å². The molecular weight excluding hydrogens is 176 g/mol. The topological polar surface area (TPSA) is 35.5 Å². The predicted octanol–water partition coefficient (Wildman–Crippen LogP) is 1.08. The Kier molecular flexibility index (Phi) is 3.21. The van der Waals surface area contributed by atoms with Crippen molar-refractivity contribution in [3.05, 3.63) is 23.5 Å². The third kappa shape index (κ3) is 3.83. The zero-order valence-electron chi connectivity index (χ0n) is 9.46. The van der Waals surface area contributed by atoms with Crippen molar-refractivity contribution in [3.63, 3.8) is 0 Å². The first-order valence-electron chi connectivity index (χ1n) is 4.92. The molecule has 0 aromatic rings. The minimum Gasteiger partial charge on any atom is -0.389 e. The number of aliphatic hydroxyl groups is 1. The summed E-state index contributed by atoms with van der Waals surface area (Å²) in [5, 5.41) is 12.8. The lowest BCUT2D eigenvalue weighted by Crippen LogP contribution is -2.37. The van der Waals surface area contributed by atoms with Crippen LogP contribution in [0.4, 0.5) is 0 Å². The van der Waals surface area contributed by atoms with E-state index in [2.05, 4.69) is 29.4 Å². The Morgan fingerprint density at radius 2 is 2.21 bits per heavy atom. The van der Waals surface area contributed by atoms with Crippen molar-refractivity contribution in [1.82, 2.24) is 10.2 Å². The van der Waals surface area contributed by atoms with Crippen LogP contribution in [0.15, 0.2) is 23.5 Å². The van der Waals surface area contributed by atoms with Crippen LogP contribution in [0.2, 0.25) is 0 Å². The van der Waals surface area contributed by atoms with Gasteiger partial charge in [0.05, 0.1) is 12.1 Å². The van der Waals surface area contributed by atoms with Gasteiger partial charge in [-0.1, -0.05) is 0 Å². The van der Waals surface area contributed by atoms with E-state index >= 15 is 0 Å². The number of likely N-dealkylation sites (N-methyl/N-ethyl adjacent to an activating group) is 1. The van der Waals surface area contributed by atoms with Crippen LogP contribution in [-0.2, 0) is 0 Å². The van der Waals surface area contributed by atoms with Gasteiger partial charge in [-0.2, -0.15) is 0 Å². The zero-order chi connectivity index (χ0) is 10.8. The third-order valence-corrected chi connectivity index (χ3v) is 1.99. The summed E-state index contributed by atoms with van der Waals surface area (Å²) >= 11 is 0. The van der Waals surface area contributed by atoms with E-state index in [1.54, 1.807) is 13.8 Å². The number of nitrogens with one attached hydrogen (secondary N) is 1. The Balaban J connectivity index is 2.50. The molecule has 14 heavy (non-hydrogen) atoms. The van der Waals surface area contributed by atoms with Gasteiger partial charge >= 0.3 is 0 Å². The average Bonchev–Trinajstić information content (AvgIpc) is 1.97. The molecule has 0 spiro atoms. The van der Waals surface area contributed by atoms with E-state index in [-0.39, 0.29) is 0 Å². The molecular formula is C11H20N2O. The van der Waals surface area contributed by atoms with Crippen LogP contribution in [0.3, 0.4) is 0 Å².